The summed E-state index contributed by atoms with van der Waals surface area (Å²) >= 11 is 0. The molecule has 0 bridgehead atoms. The number of aliphatic hydroxyl groups excluding tert-OH is 1. The van der Waals surface area contributed by atoms with Gasteiger partial charge in [0.1, 0.15) is 41.6 Å². The van der Waals surface area contributed by atoms with Gasteiger partial charge in [-0.2, -0.15) is 0 Å². The highest BCUT2D eigenvalue weighted by Gasteiger charge is 2.45. The molecular formula is C39H46O11. The Kier molecular flexibility index (Phi) is 13.6. The molecule has 5 atom stereocenters. The predicted octanol–water partition coefficient (Wildman–Crippen LogP) is 6.68. The summed E-state index contributed by atoms with van der Waals surface area (Å²) in [6, 6.07) is 19.2. The van der Waals surface area contributed by atoms with Gasteiger partial charge >= 0.3 is 11.9 Å². The van der Waals surface area contributed by atoms with Crippen LogP contribution in [0, 0.1) is 5.92 Å². The first-order valence-corrected chi connectivity index (χ1v) is 16.3. The van der Waals surface area contributed by atoms with Crippen LogP contribution in [0.4, 0.5) is 0 Å². The highest BCUT2D eigenvalue weighted by atomic mass is 16.8. The summed E-state index contributed by atoms with van der Waals surface area (Å²) in [6.07, 6.45) is 4.42. The summed E-state index contributed by atoms with van der Waals surface area (Å²) in [5.41, 5.74) is 1.53. The molecule has 1 aliphatic heterocycles. The van der Waals surface area contributed by atoms with E-state index >= 15 is 0 Å². The average Bonchev–Trinajstić information content (AvgIpc) is 3.41. The van der Waals surface area contributed by atoms with Crippen LogP contribution in [0.5, 0.6) is 17.2 Å². The minimum Gasteiger partial charge on any atom is -0.497 e. The van der Waals surface area contributed by atoms with Gasteiger partial charge in [-0.3, -0.25) is 0 Å². The van der Waals surface area contributed by atoms with Crippen LogP contribution in [0.2, 0.25) is 0 Å². The van der Waals surface area contributed by atoms with E-state index in [1.807, 2.05) is 37.3 Å². The van der Waals surface area contributed by atoms with Gasteiger partial charge in [0.05, 0.1) is 24.9 Å². The number of carbonyl (C=O) groups excluding carboxylic acids is 1. The molecule has 1 fully saturated rings. The van der Waals surface area contributed by atoms with E-state index in [1.54, 1.807) is 82.5 Å². The van der Waals surface area contributed by atoms with Crippen LogP contribution >= 0.6 is 0 Å². The van der Waals surface area contributed by atoms with Gasteiger partial charge in [-0.05, 0) is 80.6 Å². The second-order valence-corrected chi connectivity index (χ2v) is 12.4. The van der Waals surface area contributed by atoms with E-state index in [4.69, 9.17) is 33.2 Å². The summed E-state index contributed by atoms with van der Waals surface area (Å²) in [4.78, 5) is 25.6. The zero-order chi connectivity index (χ0) is 36.3. The fraction of sp³-hybridized carbons (Fsp3) is 0.385. The van der Waals surface area contributed by atoms with Crippen molar-refractivity contribution in [1.82, 2.24) is 0 Å². The van der Waals surface area contributed by atoms with Crippen molar-refractivity contribution < 1.29 is 53.0 Å². The second kappa shape index (κ2) is 17.8. The Morgan fingerprint density at radius 2 is 1.66 bits per heavy atom. The van der Waals surface area contributed by atoms with Gasteiger partial charge in [-0.1, -0.05) is 55.5 Å². The third-order valence-electron chi connectivity index (χ3n) is 8.05. The van der Waals surface area contributed by atoms with Crippen molar-refractivity contribution in [3.63, 3.8) is 0 Å². The van der Waals surface area contributed by atoms with Crippen LogP contribution in [-0.2, 0) is 25.6 Å². The Morgan fingerprint density at radius 3 is 2.30 bits per heavy atom. The fourth-order valence-electron chi connectivity index (χ4n) is 5.26. The number of hydrogen-bond acceptors (Lipinski definition) is 10. The van der Waals surface area contributed by atoms with Crippen molar-refractivity contribution >= 4 is 18.0 Å². The number of methoxy groups -OCH3 is 2. The van der Waals surface area contributed by atoms with Crippen molar-refractivity contribution in [1.29, 1.82) is 0 Å². The standard InChI is InChI=1S/C39H46O11/c1-25(26(2)40)15-20-32(48-38(43)28-11-8-7-9-12-28)36-33(49-39(3,4)50-36)14-10-13-29-21-31(22-34(47-24-44-5)35(29)37(41)42)46-23-27-16-18-30(45-6)19-17-27/h7-13,15-22,25-26,32-33,36,40H,14,23-24H2,1-6H3,(H,41,42)/b13-10+,20-15-/t25-,26+,32?,33-,36-/m1/s1. The van der Waals surface area contributed by atoms with Crippen molar-refractivity contribution in [3.05, 3.63) is 107 Å². The van der Waals surface area contributed by atoms with Gasteiger partial charge in [0.15, 0.2) is 12.6 Å². The summed E-state index contributed by atoms with van der Waals surface area (Å²) in [6.45, 7) is 7.13. The molecule has 268 valence electrons. The first kappa shape index (κ1) is 38.1. The van der Waals surface area contributed by atoms with Crippen LogP contribution in [-0.4, -0.2) is 73.4 Å². The minimum atomic E-state index is -1.19. The van der Waals surface area contributed by atoms with Crippen LogP contribution in [0.25, 0.3) is 6.08 Å². The average molecular weight is 691 g/mol. The van der Waals surface area contributed by atoms with Crippen LogP contribution < -0.4 is 14.2 Å². The van der Waals surface area contributed by atoms with E-state index in [9.17, 15) is 19.8 Å². The van der Waals surface area contributed by atoms with Crippen LogP contribution in [0.3, 0.4) is 0 Å². The topological polar surface area (TPSA) is 139 Å². The number of aliphatic hydroxyl groups is 1. The molecule has 1 unspecified atom stereocenters. The van der Waals surface area contributed by atoms with Gasteiger partial charge < -0.3 is 43.4 Å². The number of esters is 1. The molecule has 3 aromatic rings. The van der Waals surface area contributed by atoms with E-state index in [1.165, 1.54) is 13.2 Å². The summed E-state index contributed by atoms with van der Waals surface area (Å²) in [5.74, 6) is -1.76. The second-order valence-electron chi connectivity index (χ2n) is 12.4. The lowest BCUT2D eigenvalue weighted by Crippen LogP contribution is -2.37. The van der Waals surface area contributed by atoms with Gasteiger partial charge in [0.25, 0.3) is 0 Å². The molecule has 1 saturated heterocycles. The molecule has 2 N–H and O–H groups in total. The highest BCUT2D eigenvalue weighted by molar-refractivity contribution is 5.95. The molecule has 0 saturated carbocycles. The summed E-state index contributed by atoms with van der Waals surface area (Å²) in [7, 11) is 3.03. The Balaban J connectivity index is 1.62. The molecule has 4 rings (SSSR count). The van der Waals surface area contributed by atoms with Crippen molar-refractivity contribution in [2.45, 2.75) is 70.9 Å². The zero-order valence-electron chi connectivity index (χ0n) is 29.2. The van der Waals surface area contributed by atoms with Crippen LogP contribution in [0.15, 0.2) is 85.0 Å². The predicted molar refractivity (Wildman–Crippen MR) is 186 cm³/mol. The molecule has 0 aromatic heterocycles. The molecule has 50 heavy (non-hydrogen) atoms. The van der Waals surface area contributed by atoms with Gasteiger partial charge in [-0.25, -0.2) is 9.59 Å². The molecule has 0 amide bonds. The van der Waals surface area contributed by atoms with Crippen molar-refractivity contribution in [3.8, 4) is 17.2 Å². The van der Waals surface area contributed by atoms with E-state index in [0.29, 0.717) is 16.9 Å². The lowest BCUT2D eigenvalue weighted by Gasteiger charge is -2.25. The number of benzene rings is 3. The number of hydrogen-bond donors (Lipinski definition) is 2. The molecule has 11 heteroatoms. The maximum absolute atomic E-state index is 13.2. The number of aromatic carboxylic acids is 1. The Labute approximate surface area is 293 Å². The first-order valence-electron chi connectivity index (χ1n) is 16.3. The van der Waals surface area contributed by atoms with E-state index in [-0.39, 0.29) is 37.1 Å². The van der Waals surface area contributed by atoms with Crippen molar-refractivity contribution in [2.24, 2.45) is 5.92 Å². The molecule has 0 radical (unpaired) electrons. The summed E-state index contributed by atoms with van der Waals surface area (Å²) < 4.78 is 40.5. The molecule has 11 nitrogen and oxygen atoms in total. The van der Waals surface area contributed by atoms with E-state index < -0.39 is 42.1 Å². The minimum absolute atomic E-state index is 0.0692. The molecule has 1 heterocycles. The molecule has 1 aliphatic rings. The Hall–Kier alpha value is -4.68. The van der Waals surface area contributed by atoms with Gasteiger partial charge in [0.2, 0.25) is 0 Å². The van der Waals surface area contributed by atoms with Gasteiger partial charge in [-0.15, -0.1) is 0 Å². The summed E-state index contributed by atoms with van der Waals surface area (Å²) in [5, 5.41) is 20.3. The van der Waals surface area contributed by atoms with E-state index in [2.05, 4.69) is 0 Å². The fourth-order valence-corrected chi connectivity index (χ4v) is 5.26. The first-order chi connectivity index (χ1) is 23.9. The molecule has 3 aromatic carbocycles. The number of carboxylic acid groups (broad SMARTS) is 1. The number of rotatable bonds is 17. The third-order valence-corrected chi connectivity index (χ3v) is 8.05. The number of ether oxygens (including phenoxy) is 7. The zero-order valence-corrected chi connectivity index (χ0v) is 29.2. The highest BCUT2D eigenvalue weighted by Crippen LogP contribution is 2.35. The lowest BCUT2D eigenvalue weighted by molar-refractivity contribution is -0.152. The SMILES string of the molecule is COCOc1cc(OCc2ccc(OC)cc2)cc(/C=C/C[C@H]2OC(C)(C)O[C@@H]2C(/C=C\[C@@H](C)[C@H](C)O)OC(=O)c2ccccc2)c1C(=O)O. The number of carbonyl (C=O) groups is 2. The monoisotopic (exact) mass is 690 g/mol. The van der Waals surface area contributed by atoms with Crippen LogP contribution in [0.1, 0.15) is 66.0 Å². The molecular weight excluding hydrogens is 644 g/mol. The normalized spacial score (nSPS) is 18.9. The quantitative estimate of drug-likeness (QED) is 0.0891. The largest absolute Gasteiger partial charge is 0.497 e. The lowest BCUT2D eigenvalue weighted by atomic mass is 9.99. The molecule has 0 aliphatic carbocycles. The van der Waals surface area contributed by atoms with E-state index in [0.717, 1.165) is 11.3 Å². The number of carboxylic acids is 1. The molecule has 0 spiro atoms. The Bertz CT molecular complexity index is 1610. The van der Waals surface area contributed by atoms with Gasteiger partial charge in [0, 0.05) is 13.2 Å². The van der Waals surface area contributed by atoms with Crippen molar-refractivity contribution in [2.75, 3.05) is 21.0 Å². The maximum Gasteiger partial charge on any atom is 0.340 e. The smallest absolute Gasteiger partial charge is 0.340 e. The third kappa shape index (κ3) is 10.7. The Morgan fingerprint density at radius 1 is 0.940 bits per heavy atom. The maximum atomic E-state index is 13.2.